The van der Waals surface area contributed by atoms with E-state index in [1.54, 1.807) is 0 Å². The molecule has 0 heterocycles. The molecule has 88 valence electrons. The molecule has 0 saturated heterocycles. The molecule has 1 saturated carbocycles. The smallest absolute Gasteiger partial charge is 0.225 e. The van der Waals surface area contributed by atoms with Crippen LogP contribution in [0.1, 0.15) is 46.0 Å². The highest BCUT2D eigenvalue weighted by Gasteiger charge is 2.29. The van der Waals surface area contributed by atoms with Gasteiger partial charge in [0.1, 0.15) is 0 Å². The molecule has 0 aromatic heterocycles. The predicted molar refractivity (Wildman–Crippen MR) is 64.1 cm³/mol. The number of hydrogen-bond donors (Lipinski definition) is 0. The van der Waals surface area contributed by atoms with E-state index in [9.17, 15) is 4.79 Å². The summed E-state index contributed by atoms with van der Waals surface area (Å²) in [5.74, 6) is 1.14. The molecular weight excluding hydrogens is 210 g/mol. The second-order valence-corrected chi connectivity index (χ2v) is 4.85. The number of hydrogen-bond acceptors (Lipinski definition) is 1. The Bertz CT molecular complexity index is 204. The van der Waals surface area contributed by atoms with Crippen LogP contribution in [-0.2, 0) is 4.79 Å². The zero-order valence-corrected chi connectivity index (χ0v) is 10.6. The number of alkyl halides is 1. The maximum Gasteiger partial charge on any atom is 0.225 e. The topological polar surface area (TPSA) is 20.3 Å². The summed E-state index contributed by atoms with van der Waals surface area (Å²) in [4.78, 5) is 14.2. The zero-order chi connectivity index (χ0) is 11.3. The largest absolute Gasteiger partial charge is 0.339 e. The molecule has 15 heavy (non-hydrogen) atoms. The van der Waals surface area contributed by atoms with Gasteiger partial charge in [0.25, 0.3) is 0 Å². The van der Waals surface area contributed by atoms with Crippen LogP contribution in [0.3, 0.4) is 0 Å². The summed E-state index contributed by atoms with van der Waals surface area (Å²) in [5.41, 5.74) is 0. The molecule has 1 amide bonds. The minimum Gasteiger partial charge on any atom is -0.339 e. The molecule has 1 fully saturated rings. The third-order valence-corrected chi connectivity index (χ3v) is 3.63. The average molecular weight is 232 g/mol. The lowest BCUT2D eigenvalue weighted by molar-refractivity contribution is -0.139. The third-order valence-electron chi connectivity index (χ3n) is 3.37. The zero-order valence-electron chi connectivity index (χ0n) is 9.84. The van der Waals surface area contributed by atoms with E-state index in [0.29, 0.717) is 17.8 Å². The van der Waals surface area contributed by atoms with Crippen molar-refractivity contribution in [3.8, 4) is 0 Å². The first-order chi connectivity index (χ1) is 7.20. The van der Waals surface area contributed by atoms with Gasteiger partial charge in [-0.25, -0.2) is 0 Å². The summed E-state index contributed by atoms with van der Waals surface area (Å²) in [6.07, 6.45) is 5.49. The first kappa shape index (κ1) is 12.8. The molecule has 2 nitrogen and oxygen atoms in total. The molecule has 1 aliphatic carbocycles. The maximum absolute atomic E-state index is 12.1. The van der Waals surface area contributed by atoms with Gasteiger partial charge in [-0.3, -0.25) is 4.79 Å². The minimum atomic E-state index is 0.168. The fourth-order valence-corrected chi connectivity index (χ4v) is 1.98. The summed E-state index contributed by atoms with van der Waals surface area (Å²) < 4.78 is 0. The van der Waals surface area contributed by atoms with Crippen LogP contribution < -0.4 is 0 Å². The van der Waals surface area contributed by atoms with Gasteiger partial charge in [-0.1, -0.05) is 13.8 Å². The Kier molecular flexibility index (Phi) is 5.44. The van der Waals surface area contributed by atoms with Gasteiger partial charge < -0.3 is 4.90 Å². The molecule has 1 aliphatic rings. The Labute approximate surface area is 98.0 Å². The lowest BCUT2D eigenvalue weighted by Crippen LogP contribution is -2.46. The monoisotopic (exact) mass is 231 g/mol. The molecule has 1 unspecified atom stereocenters. The van der Waals surface area contributed by atoms with E-state index in [-0.39, 0.29) is 5.92 Å². The average Bonchev–Trinajstić information content (AvgIpc) is 2.19. The van der Waals surface area contributed by atoms with Crippen molar-refractivity contribution in [3.05, 3.63) is 0 Å². The second-order valence-electron chi connectivity index (χ2n) is 4.47. The number of rotatable bonds is 6. The standard InChI is InChI=1S/C12H22ClNO/c1-3-10(2)12(15)14(9-5-8-13)11-6-4-7-11/h10-11H,3-9H2,1-2H3. The maximum atomic E-state index is 12.1. The highest BCUT2D eigenvalue weighted by atomic mass is 35.5. The Morgan fingerprint density at radius 1 is 1.53 bits per heavy atom. The Hall–Kier alpha value is -0.240. The van der Waals surface area contributed by atoms with E-state index in [0.717, 1.165) is 19.4 Å². The van der Waals surface area contributed by atoms with E-state index in [1.165, 1.54) is 19.3 Å². The van der Waals surface area contributed by atoms with Gasteiger partial charge in [-0.15, -0.1) is 11.6 Å². The van der Waals surface area contributed by atoms with Crippen molar-refractivity contribution >= 4 is 17.5 Å². The summed E-state index contributed by atoms with van der Waals surface area (Å²) in [5, 5.41) is 0. The minimum absolute atomic E-state index is 0.168. The van der Waals surface area contributed by atoms with Crippen molar-refractivity contribution in [2.45, 2.75) is 52.0 Å². The van der Waals surface area contributed by atoms with Crippen LogP contribution >= 0.6 is 11.6 Å². The third kappa shape index (κ3) is 3.37. The molecule has 0 aromatic carbocycles. The van der Waals surface area contributed by atoms with Gasteiger partial charge in [-0.05, 0) is 32.1 Å². The number of carbonyl (C=O) groups excluding carboxylic acids is 1. The molecule has 0 bridgehead atoms. The molecule has 0 spiro atoms. The Morgan fingerprint density at radius 2 is 2.20 bits per heavy atom. The Balaban J connectivity index is 2.49. The van der Waals surface area contributed by atoms with E-state index >= 15 is 0 Å². The van der Waals surface area contributed by atoms with Crippen molar-refractivity contribution in [2.75, 3.05) is 12.4 Å². The number of nitrogens with zero attached hydrogens (tertiary/aromatic N) is 1. The normalized spacial score (nSPS) is 18.3. The number of carbonyl (C=O) groups is 1. The highest BCUT2D eigenvalue weighted by Crippen LogP contribution is 2.26. The van der Waals surface area contributed by atoms with Gasteiger partial charge in [0.15, 0.2) is 0 Å². The summed E-state index contributed by atoms with van der Waals surface area (Å²) >= 11 is 5.69. The van der Waals surface area contributed by atoms with Crippen LogP contribution in [0.25, 0.3) is 0 Å². The van der Waals surface area contributed by atoms with E-state index in [4.69, 9.17) is 11.6 Å². The number of halogens is 1. The van der Waals surface area contributed by atoms with Gasteiger partial charge in [-0.2, -0.15) is 0 Å². The van der Waals surface area contributed by atoms with Crippen molar-refractivity contribution < 1.29 is 4.79 Å². The quantitative estimate of drug-likeness (QED) is 0.644. The first-order valence-electron chi connectivity index (χ1n) is 6.07. The van der Waals surface area contributed by atoms with Crippen LogP contribution in [0.4, 0.5) is 0 Å². The first-order valence-corrected chi connectivity index (χ1v) is 6.60. The molecule has 0 aliphatic heterocycles. The fraction of sp³-hybridized carbons (Fsp3) is 0.917. The van der Waals surface area contributed by atoms with Gasteiger partial charge >= 0.3 is 0 Å². The molecule has 1 rings (SSSR count). The highest BCUT2D eigenvalue weighted by molar-refractivity contribution is 6.17. The SMILES string of the molecule is CCC(C)C(=O)N(CCCCl)C1CCC1. The predicted octanol–water partition coefficient (Wildman–Crippen LogP) is 3.04. The van der Waals surface area contributed by atoms with Gasteiger partial charge in [0.2, 0.25) is 5.91 Å². The van der Waals surface area contributed by atoms with Gasteiger partial charge in [0, 0.05) is 24.4 Å². The molecule has 0 radical (unpaired) electrons. The van der Waals surface area contributed by atoms with Crippen molar-refractivity contribution in [1.82, 2.24) is 4.90 Å². The van der Waals surface area contributed by atoms with Crippen LogP contribution in [0.5, 0.6) is 0 Å². The van der Waals surface area contributed by atoms with E-state index in [1.807, 2.05) is 6.92 Å². The van der Waals surface area contributed by atoms with Crippen molar-refractivity contribution in [2.24, 2.45) is 5.92 Å². The van der Waals surface area contributed by atoms with Crippen LogP contribution in [0.2, 0.25) is 0 Å². The fourth-order valence-electron chi connectivity index (χ4n) is 1.86. The van der Waals surface area contributed by atoms with Crippen LogP contribution in [0, 0.1) is 5.92 Å². The second kappa shape index (κ2) is 6.37. The van der Waals surface area contributed by atoms with Crippen molar-refractivity contribution in [3.63, 3.8) is 0 Å². The Morgan fingerprint density at radius 3 is 2.60 bits per heavy atom. The molecule has 0 aromatic rings. The molecule has 1 atom stereocenters. The van der Waals surface area contributed by atoms with E-state index in [2.05, 4.69) is 11.8 Å². The summed E-state index contributed by atoms with van der Waals surface area (Å²) in [6, 6.07) is 0.509. The summed E-state index contributed by atoms with van der Waals surface area (Å²) in [7, 11) is 0. The molecular formula is C12H22ClNO. The molecule has 0 N–H and O–H groups in total. The van der Waals surface area contributed by atoms with Crippen LogP contribution in [0.15, 0.2) is 0 Å². The van der Waals surface area contributed by atoms with Crippen LogP contribution in [-0.4, -0.2) is 29.3 Å². The van der Waals surface area contributed by atoms with E-state index < -0.39 is 0 Å². The molecule has 3 heteroatoms. The van der Waals surface area contributed by atoms with Crippen molar-refractivity contribution in [1.29, 1.82) is 0 Å². The van der Waals surface area contributed by atoms with Gasteiger partial charge in [0.05, 0.1) is 0 Å². The summed E-state index contributed by atoms with van der Waals surface area (Å²) in [6.45, 7) is 4.94. The lowest BCUT2D eigenvalue weighted by atomic mass is 9.90. The lowest BCUT2D eigenvalue weighted by Gasteiger charge is -2.39. The number of amides is 1.